The quantitative estimate of drug-likeness (QED) is 0.277. The lowest BCUT2D eigenvalue weighted by Gasteiger charge is -2.09. The highest BCUT2D eigenvalue weighted by molar-refractivity contribution is 5.86. The van der Waals surface area contributed by atoms with E-state index in [0.717, 1.165) is 18.7 Å². The normalized spacial score (nSPS) is 11.1. The Labute approximate surface area is 173 Å². The molecule has 5 heteroatoms. The lowest BCUT2D eigenvalue weighted by atomic mass is 10.1. The van der Waals surface area contributed by atoms with Crippen molar-refractivity contribution in [1.29, 1.82) is 0 Å². The van der Waals surface area contributed by atoms with Gasteiger partial charge in [-0.05, 0) is 24.1 Å². The van der Waals surface area contributed by atoms with Gasteiger partial charge in [0, 0.05) is 29.8 Å². The molecule has 0 atom stereocenters. The van der Waals surface area contributed by atoms with Crippen molar-refractivity contribution in [2.75, 3.05) is 11.9 Å². The summed E-state index contributed by atoms with van der Waals surface area (Å²) in [6, 6.07) is 6.76. The fraction of sp³-hybridized carbons (Fsp3) is 0.583. The van der Waals surface area contributed by atoms with Crippen molar-refractivity contribution in [3.63, 3.8) is 0 Å². The van der Waals surface area contributed by atoms with Crippen LogP contribution in [0.15, 0.2) is 33.5 Å². The predicted octanol–water partition coefficient (Wildman–Crippen LogP) is 6.14. The third kappa shape index (κ3) is 8.71. The van der Waals surface area contributed by atoms with Crippen LogP contribution in [0, 0.1) is 0 Å². The number of aliphatic carboxylic acids is 1. The Morgan fingerprint density at radius 1 is 0.931 bits per heavy atom. The van der Waals surface area contributed by atoms with Gasteiger partial charge in [-0.3, -0.25) is 4.79 Å². The first-order valence-corrected chi connectivity index (χ1v) is 11.1. The molecular formula is C24H35NO4. The number of carboxylic acids is 1. The van der Waals surface area contributed by atoms with Crippen LogP contribution in [0.1, 0.15) is 83.1 Å². The molecule has 0 aliphatic rings. The molecule has 0 bridgehead atoms. The van der Waals surface area contributed by atoms with E-state index in [9.17, 15) is 9.59 Å². The molecule has 0 saturated carbocycles. The summed E-state index contributed by atoms with van der Waals surface area (Å²) in [4.78, 5) is 22.7. The lowest BCUT2D eigenvalue weighted by molar-refractivity contribution is -0.136. The van der Waals surface area contributed by atoms with Crippen LogP contribution in [-0.2, 0) is 11.2 Å². The van der Waals surface area contributed by atoms with Crippen LogP contribution in [0.5, 0.6) is 0 Å². The van der Waals surface area contributed by atoms with Gasteiger partial charge in [0.1, 0.15) is 5.58 Å². The van der Waals surface area contributed by atoms with Gasteiger partial charge in [-0.25, -0.2) is 4.79 Å². The van der Waals surface area contributed by atoms with Crippen molar-refractivity contribution in [2.45, 2.75) is 84.0 Å². The summed E-state index contributed by atoms with van der Waals surface area (Å²) in [5, 5.41) is 13.0. The molecule has 2 rings (SSSR count). The number of nitrogens with one attached hydrogen (secondary N) is 1. The standard InChI is InChI=1S/C24H35NO4/c1-2-3-4-5-6-7-8-9-10-11-12-15-25-20-13-14-21-19(16-23(26)27)17-24(28)29-22(21)18-20/h13-14,17-18,25H,2-12,15-16H2,1H3,(H,26,27). The average Bonchev–Trinajstić information content (AvgIpc) is 2.68. The fourth-order valence-corrected chi connectivity index (χ4v) is 3.67. The van der Waals surface area contributed by atoms with Crippen molar-refractivity contribution >= 4 is 22.6 Å². The molecule has 0 radical (unpaired) electrons. The Hall–Kier alpha value is -2.30. The van der Waals surface area contributed by atoms with Gasteiger partial charge < -0.3 is 14.8 Å². The van der Waals surface area contributed by atoms with E-state index in [1.165, 1.54) is 70.3 Å². The van der Waals surface area contributed by atoms with E-state index in [4.69, 9.17) is 9.52 Å². The van der Waals surface area contributed by atoms with Gasteiger partial charge in [0.25, 0.3) is 0 Å². The summed E-state index contributed by atoms with van der Waals surface area (Å²) in [7, 11) is 0. The summed E-state index contributed by atoms with van der Waals surface area (Å²) in [5.74, 6) is -0.962. The van der Waals surface area contributed by atoms with E-state index >= 15 is 0 Å². The van der Waals surface area contributed by atoms with Gasteiger partial charge in [-0.1, -0.05) is 71.1 Å². The molecule has 0 aliphatic heterocycles. The highest BCUT2D eigenvalue weighted by Crippen LogP contribution is 2.22. The zero-order chi connectivity index (χ0) is 20.9. The number of benzene rings is 1. The number of hydrogen-bond donors (Lipinski definition) is 2. The zero-order valence-electron chi connectivity index (χ0n) is 17.7. The van der Waals surface area contributed by atoms with E-state index < -0.39 is 11.6 Å². The number of carbonyl (C=O) groups is 1. The van der Waals surface area contributed by atoms with Crippen molar-refractivity contribution in [3.05, 3.63) is 40.2 Å². The van der Waals surface area contributed by atoms with Crippen LogP contribution in [0.4, 0.5) is 5.69 Å². The van der Waals surface area contributed by atoms with Gasteiger partial charge in [-0.15, -0.1) is 0 Å². The summed E-state index contributed by atoms with van der Waals surface area (Å²) >= 11 is 0. The van der Waals surface area contributed by atoms with Crippen LogP contribution in [0.2, 0.25) is 0 Å². The van der Waals surface area contributed by atoms with Gasteiger partial charge in [0.15, 0.2) is 0 Å². The van der Waals surface area contributed by atoms with Crippen molar-refractivity contribution in [2.24, 2.45) is 0 Å². The molecule has 0 saturated heterocycles. The molecule has 5 nitrogen and oxygen atoms in total. The SMILES string of the molecule is CCCCCCCCCCCCCNc1ccc2c(CC(=O)O)cc(=O)oc2c1. The molecule has 1 aromatic heterocycles. The third-order valence-corrected chi connectivity index (χ3v) is 5.28. The highest BCUT2D eigenvalue weighted by atomic mass is 16.4. The summed E-state index contributed by atoms with van der Waals surface area (Å²) < 4.78 is 5.25. The topological polar surface area (TPSA) is 79.5 Å². The zero-order valence-corrected chi connectivity index (χ0v) is 17.7. The summed E-state index contributed by atoms with van der Waals surface area (Å²) in [6.07, 6.45) is 14.3. The molecule has 160 valence electrons. The van der Waals surface area contributed by atoms with Crippen molar-refractivity contribution < 1.29 is 14.3 Å². The largest absolute Gasteiger partial charge is 0.481 e. The smallest absolute Gasteiger partial charge is 0.336 e. The first-order valence-electron chi connectivity index (χ1n) is 11.1. The molecule has 1 heterocycles. The molecule has 0 aliphatic carbocycles. The lowest BCUT2D eigenvalue weighted by Crippen LogP contribution is -2.07. The van der Waals surface area contributed by atoms with Crippen LogP contribution in [0.3, 0.4) is 0 Å². The average molecular weight is 402 g/mol. The fourth-order valence-electron chi connectivity index (χ4n) is 3.67. The number of anilines is 1. The molecule has 0 fully saturated rings. The molecule has 2 aromatic rings. The first kappa shape index (κ1) is 23.0. The van der Waals surface area contributed by atoms with Gasteiger partial charge in [-0.2, -0.15) is 0 Å². The number of rotatable bonds is 15. The summed E-state index contributed by atoms with van der Waals surface area (Å²) in [5.41, 5.74) is 1.29. The second-order valence-corrected chi connectivity index (χ2v) is 7.83. The Balaban J connectivity index is 1.67. The van der Waals surface area contributed by atoms with Crippen LogP contribution in [0.25, 0.3) is 11.0 Å². The number of carboxylic acid groups (broad SMARTS) is 1. The van der Waals surface area contributed by atoms with Crippen LogP contribution in [-0.4, -0.2) is 17.6 Å². The molecule has 0 spiro atoms. The minimum atomic E-state index is -0.962. The maximum absolute atomic E-state index is 11.7. The Bertz CT molecular complexity index is 812. The van der Waals surface area contributed by atoms with Crippen LogP contribution >= 0.6 is 0 Å². The van der Waals surface area contributed by atoms with Crippen molar-refractivity contribution in [1.82, 2.24) is 0 Å². The number of fused-ring (bicyclic) bond motifs is 1. The molecule has 2 N–H and O–H groups in total. The van der Waals surface area contributed by atoms with Gasteiger partial charge in [0.05, 0.1) is 6.42 Å². The van der Waals surface area contributed by atoms with Gasteiger partial charge >= 0.3 is 11.6 Å². The third-order valence-electron chi connectivity index (χ3n) is 5.28. The highest BCUT2D eigenvalue weighted by Gasteiger charge is 2.09. The maximum Gasteiger partial charge on any atom is 0.336 e. The molecule has 29 heavy (non-hydrogen) atoms. The Morgan fingerprint density at radius 2 is 1.55 bits per heavy atom. The number of hydrogen-bond acceptors (Lipinski definition) is 4. The summed E-state index contributed by atoms with van der Waals surface area (Å²) in [6.45, 7) is 3.13. The molecule has 0 amide bonds. The minimum Gasteiger partial charge on any atom is -0.481 e. The second-order valence-electron chi connectivity index (χ2n) is 7.83. The Morgan fingerprint density at radius 3 is 2.17 bits per heavy atom. The Kier molecular flexibility index (Phi) is 10.3. The van der Waals surface area contributed by atoms with E-state index in [1.54, 1.807) is 6.07 Å². The first-order chi connectivity index (χ1) is 14.1. The van der Waals surface area contributed by atoms with E-state index in [2.05, 4.69) is 12.2 Å². The van der Waals surface area contributed by atoms with Crippen LogP contribution < -0.4 is 10.9 Å². The maximum atomic E-state index is 11.7. The molecular weight excluding hydrogens is 366 g/mol. The predicted molar refractivity (Wildman–Crippen MR) is 119 cm³/mol. The van der Waals surface area contributed by atoms with E-state index in [1.807, 2.05) is 12.1 Å². The van der Waals surface area contributed by atoms with E-state index in [-0.39, 0.29) is 6.42 Å². The monoisotopic (exact) mass is 401 g/mol. The van der Waals surface area contributed by atoms with E-state index in [0.29, 0.717) is 16.5 Å². The minimum absolute atomic E-state index is 0.187. The number of unbranched alkanes of at least 4 members (excludes halogenated alkanes) is 10. The molecule has 0 unspecified atom stereocenters. The van der Waals surface area contributed by atoms with Crippen molar-refractivity contribution in [3.8, 4) is 0 Å². The second kappa shape index (κ2) is 13.0. The van der Waals surface area contributed by atoms with Gasteiger partial charge in [0.2, 0.25) is 0 Å². The molecule has 1 aromatic carbocycles.